The summed E-state index contributed by atoms with van der Waals surface area (Å²) in [5, 5.41) is 15.0. The van der Waals surface area contributed by atoms with E-state index in [-0.39, 0.29) is 17.9 Å². The van der Waals surface area contributed by atoms with Gasteiger partial charge in [-0.15, -0.1) is 0 Å². The minimum atomic E-state index is -0.457. The van der Waals surface area contributed by atoms with Crippen LogP contribution >= 0.6 is 0 Å². The lowest BCUT2D eigenvalue weighted by Gasteiger charge is -2.50. The molecule has 2 fully saturated rings. The topological polar surface area (TPSA) is 91.9 Å². The summed E-state index contributed by atoms with van der Waals surface area (Å²) in [7, 11) is 0. The van der Waals surface area contributed by atoms with E-state index >= 15 is 0 Å². The van der Waals surface area contributed by atoms with Crippen LogP contribution in [0.4, 0.5) is 5.95 Å². The lowest BCUT2D eigenvalue weighted by Crippen LogP contribution is -2.60. The lowest BCUT2D eigenvalue weighted by molar-refractivity contribution is -0.142. The second-order valence-corrected chi connectivity index (χ2v) is 7.91. The highest BCUT2D eigenvalue weighted by atomic mass is 16.5. The van der Waals surface area contributed by atoms with Gasteiger partial charge in [-0.1, -0.05) is 18.2 Å². The molecule has 0 radical (unpaired) electrons. The fourth-order valence-electron chi connectivity index (χ4n) is 4.42. The molecule has 1 amide bonds. The summed E-state index contributed by atoms with van der Waals surface area (Å²) in [6.07, 6.45) is 1.89. The van der Waals surface area contributed by atoms with Gasteiger partial charge in [-0.25, -0.2) is 0 Å². The molecule has 0 bridgehead atoms. The van der Waals surface area contributed by atoms with Gasteiger partial charge in [0, 0.05) is 43.8 Å². The molecular weight excluding hydrogens is 372 g/mol. The van der Waals surface area contributed by atoms with Crippen LogP contribution in [0.25, 0.3) is 11.5 Å². The number of anilines is 1. The number of aliphatic hydroxyl groups is 1. The molecule has 2 aliphatic rings. The van der Waals surface area contributed by atoms with Crippen LogP contribution in [-0.4, -0.2) is 71.6 Å². The van der Waals surface area contributed by atoms with E-state index in [1.165, 1.54) is 0 Å². The third-order valence-electron chi connectivity index (χ3n) is 5.99. The van der Waals surface area contributed by atoms with Crippen molar-refractivity contribution in [2.75, 3.05) is 44.3 Å². The van der Waals surface area contributed by atoms with Crippen molar-refractivity contribution in [1.29, 1.82) is 0 Å². The molecule has 2 saturated heterocycles. The highest BCUT2D eigenvalue weighted by molar-refractivity contribution is 5.77. The van der Waals surface area contributed by atoms with Crippen molar-refractivity contribution in [3.63, 3.8) is 0 Å². The van der Waals surface area contributed by atoms with Gasteiger partial charge in [-0.3, -0.25) is 4.79 Å². The number of benzene rings is 1. The summed E-state index contributed by atoms with van der Waals surface area (Å²) < 4.78 is 10.8. The van der Waals surface area contributed by atoms with E-state index in [0.29, 0.717) is 51.0 Å². The zero-order valence-corrected chi connectivity index (χ0v) is 16.8. The van der Waals surface area contributed by atoms with Crippen molar-refractivity contribution in [3.8, 4) is 11.5 Å². The molecule has 2 atom stereocenters. The summed E-state index contributed by atoms with van der Waals surface area (Å²) >= 11 is 0. The number of piperidine rings is 2. The number of carbonyl (C=O) groups is 1. The molecular formula is C21H28N4O4. The largest absolute Gasteiger partial charge is 0.392 e. The van der Waals surface area contributed by atoms with Crippen LogP contribution in [0.1, 0.15) is 26.2 Å². The number of aromatic nitrogens is 2. The van der Waals surface area contributed by atoms with Crippen LogP contribution in [0.15, 0.2) is 34.9 Å². The Bertz CT molecular complexity index is 827. The number of likely N-dealkylation sites (tertiary alicyclic amines) is 1. The van der Waals surface area contributed by atoms with Crippen LogP contribution in [0, 0.1) is 5.41 Å². The second kappa shape index (κ2) is 8.51. The van der Waals surface area contributed by atoms with Gasteiger partial charge in [0.25, 0.3) is 11.8 Å². The highest BCUT2D eigenvalue weighted by Gasteiger charge is 2.47. The van der Waals surface area contributed by atoms with Crippen LogP contribution in [0.3, 0.4) is 0 Å². The lowest BCUT2D eigenvalue weighted by atomic mass is 9.71. The van der Waals surface area contributed by atoms with E-state index < -0.39 is 6.10 Å². The normalized spacial score (nSPS) is 24.8. The number of ether oxygens (including phenoxy) is 1. The summed E-state index contributed by atoms with van der Waals surface area (Å²) in [5.74, 6) is 1.01. The van der Waals surface area contributed by atoms with Gasteiger partial charge in [0.2, 0.25) is 5.91 Å². The predicted octanol–water partition coefficient (Wildman–Crippen LogP) is 1.95. The number of hydrogen-bond acceptors (Lipinski definition) is 7. The van der Waals surface area contributed by atoms with E-state index in [0.717, 1.165) is 18.4 Å². The first-order valence-corrected chi connectivity index (χ1v) is 10.3. The Morgan fingerprint density at radius 2 is 2.14 bits per heavy atom. The van der Waals surface area contributed by atoms with E-state index in [2.05, 4.69) is 15.0 Å². The molecule has 1 N–H and O–H groups in total. The second-order valence-electron chi connectivity index (χ2n) is 7.91. The van der Waals surface area contributed by atoms with E-state index in [4.69, 9.17) is 9.26 Å². The molecule has 0 aliphatic carbocycles. The first kappa shape index (κ1) is 19.8. The van der Waals surface area contributed by atoms with Crippen molar-refractivity contribution in [1.82, 2.24) is 15.0 Å². The van der Waals surface area contributed by atoms with E-state index in [9.17, 15) is 9.90 Å². The van der Waals surface area contributed by atoms with Gasteiger partial charge in [0.05, 0.1) is 6.10 Å². The molecule has 156 valence electrons. The molecule has 29 heavy (non-hydrogen) atoms. The Hall–Kier alpha value is -2.45. The van der Waals surface area contributed by atoms with E-state index in [1.54, 1.807) is 0 Å². The van der Waals surface area contributed by atoms with Crippen LogP contribution in [0.2, 0.25) is 0 Å². The number of aliphatic hydroxyl groups excluding tert-OH is 1. The van der Waals surface area contributed by atoms with Gasteiger partial charge in [-0.2, -0.15) is 4.98 Å². The monoisotopic (exact) mass is 400 g/mol. The van der Waals surface area contributed by atoms with Gasteiger partial charge in [-0.05, 0) is 43.5 Å². The van der Waals surface area contributed by atoms with Crippen molar-refractivity contribution in [2.24, 2.45) is 5.41 Å². The molecule has 0 unspecified atom stereocenters. The summed E-state index contributed by atoms with van der Waals surface area (Å²) in [4.78, 5) is 20.9. The smallest absolute Gasteiger partial charge is 0.266 e. The fourth-order valence-corrected chi connectivity index (χ4v) is 4.42. The minimum absolute atomic E-state index is 0.0128. The quantitative estimate of drug-likeness (QED) is 0.820. The Balaban J connectivity index is 1.49. The first-order chi connectivity index (χ1) is 14.1. The molecule has 2 aromatic rings. The van der Waals surface area contributed by atoms with Crippen LogP contribution in [-0.2, 0) is 9.53 Å². The van der Waals surface area contributed by atoms with Crippen molar-refractivity contribution >= 4 is 11.9 Å². The number of carbonyl (C=O) groups excluding carboxylic acids is 1. The van der Waals surface area contributed by atoms with Crippen LogP contribution in [0.5, 0.6) is 0 Å². The molecule has 1 aromatic carbocycles. The molecule has 4 rings (SSSR count). The molecule has 3 heterocycles. The number of amides is 1. The summed E-state index contributed by atoms with van der Waals surface area (Å²) in [6, 6.07) is 9.67. The highest BCUT2D eigenvalue weighted by Crippen LogP contribution is 2.40. The maximum absolute atomic E-state index is 12.5. The maximum atomic E-state index is 12.5. The Morgan fingerprint density at radius 1 is 1.31 bits per heavy atom. The number of nitrogens with zero attached hydrogens (tertiary/aromatic N) is 4. The molecule has 1 spiro atoms. The number of hydrogen-bond donors (Lipinski definition) is 1. The Kier molecular flexibility index (Phi) is 5.82. The van der Waals surface area contributed by atoms with Gasteiger partial charge in [0.1, 0.15) is 6.61 Å². The van der Waals surface area contributed by atoms with Gasteiger partial charge < -0.3 is 24.2 Å². The third-order valence-corrected chi connectivity index (χ3v) is 5.99. The molecule has 8 heteroatoms. The SMILES string of the molecule is CCOCC(=O)N1CCC[C@@]2(C1)CN(c1noc(-c3ccccc3)n1)CC[C@@H]2O. The molecule has 1 aromatic heterocycles. The van der Waals surface area contributed by atoms with Crippen molar-refractivity contribution < 1.29 is 19.2 Å². The molecule has 2 aliphatic heterocycles. The number of rotatable bonds is 5. The van der Waals surface area contributed by atoms with E-state index in [1.807, 2.05) is 42.2 Å². The molecule has 8 nitrogen and oxygen atoms in total. The summed E-state index contributed by atoms with van der Waals surface area (Å²) in [5.41, 5.74) is 0.495. The average molecular weight is 400 g/mol. The standard InChI is InChI=1S/C21H28N4O4/c1-2-28-13-18(27)24-11-6-10-21(14-24)15-25(12-9-17(21)26)20-22-19(29-23-20)16-7-4-3-5-8-16/h3-5,7-8,17,26H,2,6,9-15H2,1H3/t17-,21+/m0/s1. The summed E-state index contributed by atoms with van der Waals surface area (Å²) in [6.45, 7) is 4.98. The zero-order chi connectivity index (χ0) is 20.3. The average Bonchev–Trinajstić information content (AvgIpc) is 3.25. The maximum Gasteiger partial charge on any atom is 0.266 e. The fraction of sp³-hybridized carbons (Fsp3) is 0.571. The molecule has 0 saturated carbocycles. The first-order valence-electron chi connectivity index (χ1n) is 10.3. The van der Waals surface area contributed by atoms with Crippen molar-refractivity contribution in [2.45, 2.75) is 32.3 Å². The minimum Gasteiger partial charge on any atom is -0.392 e. The zero-order valence-electron chi connectivity index (χ0n) is 16.8. The van der Waals surface area contributed by atoms with Gasteiger partial charge in [0.15, 0.2) is 0 Å². The predicted molar refractivity (Wildman–Crippen MR) is 107 cm³/mol. The van der Waals surface area contributed by atoms with Crippen molar-refractivity contribution in [3.05, 3.63) is 30.3 Å². The third kappa shape index (κ3) is 4.13. The Morgan fingerprint density at radius 3 is 2.93 bits per heavy atom. The van der Waals surface area contributed by atoms with Crippen LogP contribution < -0.4 is 4.90 Å². The van der Waals surface area contributed by atoms with Gasteiger partial charge >= 0.3 is 0 Å². The Labute approximate surface area is 170 Å².